The smallest absolute Gasteiger partial charge is 0.433 e. The summed E-state index contributed by atoms with van der Waals surface area (Å²) in [5, 5.41) is 22.7. The van der Waals surface area contributed by atoms with Gasteiger partial charge in [0.2, 0.25) is 0 Å². The number of halogens is 4. The van der Waals surface area contributed by atoms with Gasteiger partial charge in [0, 0.05) is 31.7 Å². The zero-order valence-electron chi connectivity index (χ0n) is 22.4. The highest BCUT2D eigenvalue weighted by Gasteiger charge is 2.32. The van der Waals surface area contributed by atoms with Crippen LogP contribution >= 0.6 is 11.6 Å². The number of alkyl halides is 3. The molecule has 10 nitrogen and oxygen atoms in total. The first kappa shape index (κ1) is 28.8. The molecule has 4 aromatic rings. The molecule has 1 fully saturated rings. The van der Waals surface area contributed by atoms with E-state index in [0.29, 0.717) is 48.7 Å². The summed E-state index contributed by atoms with van der Waals surface area (Å²) in [5.74, 6) is -0.833. The fraction of sp³-hybridized carbons (Fsp3) is 0.286. The molecular formula is C28H24ClF3N8O2. The quantitative estimate of drug-likeness (QED) is 0.276. The van der Waals surface area contributed by atoms with Gasteiger partial charge in [0.05, 0.1) is 34.6 Å². The van der Waals surface area contributed by atoms with E-state index in [1.165, 1.54) is 18.3 Å². The second kappa shape index (κ2) is 11.3. The van der Waals surface area contributed by atoms with Crippen LogP contribution in [0.5, 0.6) is 0 Å². The minimum atomic E-state index is -4.51. The summed E-state index contributed by atoms with van der Waals surface area (Å²) in [5.41, 5.74) is 2.52. The molecule has 3 aromatic heterocycles. The number of carbonyl (C=O) groups is 1. The Bertz CT molecular complexity index is 1700. The van der Waals surface area contributed by atoms with Crippen LogP contribution in [0.3, 0.4) is 0 Å². The fourth-order valence-corrected chi connectivity index (χ4v) is 5.04. The lowest BCUT2D eigenvalue weighted by atomic mass is 10.0. The van der Waals surface area contributed by atoms with E-state index in [-0.39, 0.29) is 22.2 Å². The van der Waals surface area contributed by atoms with E-state index in [1.807, 2.05) is 35.8 Å². The molecule has 0 radical (unpaired) electrons. The van der Waals surface area contributed by atoms with Crippen LogP contribution in [0, 0.1) is 18.3 Å². The summed E-state index contributed by atoms with van der Waals surface area (Å²) in [4.78, 5) is 32.5. The molecule has 216 valence electrons. The predicted molar refractivity (Wildman–Crippen MR) is 151 cm³/mol. The number of hydrogen-bond donors (Lipinski definition) is 2. The maximum absolute atomic E-state index is 12.9. The number of carboxylic acids is 1. The first-order chi connectivity index (χ1) is 19.9. The highest BCUT2D eigenvalue weighted by Crippen LogP contribution is 2.32. The van der Waals surface area contributed by atoms with E-state index < -0.39 is 23.9 Å². The third-order valence-electron chi connectivity index (χ3n) is 6.92. The average Bonchev–Trinajstić information content (AvgIpc) is 2.96. The molecule has 0 saturated carbocycles. The van der Waals surface area contributed by atoms with Crippen LogP contribution in [0.2, 0.25) is 5.15 Å². The van der Waals surface area contributed by atoms with E-state index in [0.717, 1.165) is 17.2 Å². The number of nitrogens with one attached hydrogen (secondary N) is 1. The van der Waals surface area contributed by atoms with Crippen molar-refractivity contribution in [3.63, 3.8) is 0 Å². The molecule has 14 heteroatoms. The van der Waals surface area contributed by atoms with Crippen LogP contribution < -0.4 is 15.1 Å². The monoisotopic (exact) mass is 596 g/mol. The SMILES string of the molecule is Cc1cc([C@@H](C)Nc2ccc(Cl)nc2C(=O)O)c2nc(N3CCN(c4ccc(C(F)(F)F)nc4)CC3)c(C#N)nc2c1. The molecule has 0 aliphatic carbocycles. The van der Waals surface area contributed by atoms with Crippen molar-refractivity contribution in [2.45, 2.75) is 26.1 Å². The van der Waals surface area contributed by atoms with Gasteiger partial charge in [-0.3, -0.25) is 0 Å². The van der Waals surface area contributed by atoms with E-state index in [2.05, 4.69) is 26.3 Å². The number of nitriles is 1. The van der Waals surface area contributed by atoms with Gasteiger partial charge in [-0.1, -0.05) is 17.7 Å². The van der Waals surface area contributed by atoms with Gasteiger partial charge in [-0.25, -0.2) is 24.7 Å². The number of pyridine rings is 2. The Balaban J connectivity index is 1.43. The largest absolute Gasteiger partial charge is 0.476 e. The third kappa shape index (κ3) is 5.84. The molecule has 1 atom stereocenters. The fourth-order valence-electron chi connectivity index (χ4n) is 4.89. The Morgan fingerprint density at radius 2 is 1.81 bits per heavy atom. The van der Waals surface area contributed by atoms with E-state index in [4.69, 9.17) is 16.6 Å². The minimum Gasteiger partial charge on any atom is -0.476 e. The average molecular weight is 597 g/mol. The second-order valence-electron chi connectivity index (χ2n) is 9.80. The highest BCUT2D eigenvalue weighted by molar-refractivity contribution is 6.29. The lowest BCUT2D eigenvalue weighted by molar-refractivity contribution is -0.141. The Morgan fingerprint density at radius 3 is 2.43 bits per heavy atom. The van der Waals surface area contributed by atoms with Crippen molar-refractivity contribution >= 4 is 45.8 Å². The lowest BCUT2D eigenvalue weighted by Crippen LogP contribution is -2.47. The summed E-state index contributed by atoms with van der Waals surface area (Å²) in [7, 11) is 0. The van der Waals surface area contributed by atoms with Crippen molar-refractivity contribution < 1.29 is 23.1 Å². The van der Waals surface area contributed by atoms with Crippen LogP contribution in [0.25, 0.3) is 11.0 Å². The molecule has 0 spiro atoms. The molecule has 4 heterocycles. The summed E-state index contributed by atoms with van der Waals surface area (Å²) >= 11 is 5.90. The maximum atomic E-state index is 12.9. The summed E-state index contributed by atoms with van der Waals surface area (Å²) in [6.45, 7) is 5.58. The van der Waals surface area contributed by atoms with Crippen LogP contribution in [0.1, 0.15) is 46.0 Å². The van der Waals surface area contributed by atoms with Crippen LogP contribution in [-0.2, 0) is 6.18 Å². The number of carboxylic acid groups (broad SMARTS) is 1. The molecule has 1 aliphatic heterocycles. The molecule has 1 saturated heterocycles. The zero-order valence-corrected chi connectivity index (χ0v) is 23.2. The van der Waals surface area contributed by atoms with E-state index in [1.54, 1.807) is 6.07 Å². The summed E-state index contributed by atoms with van der Waals surface area (Å²) in [6, 6.07) is 10.9. The number of nitrogens with zero attached hydrogens (tertiary/aromatic N) is 7. The summed E-state index contributed by atoms with van der Waals surface area (Å²) in [6.07, 6.45) is -3.29. The molecule has 0 amide bonds. The van der Waals surface area contributed by atoms with Gasteiger partial charge in [-0.05, 0) is 49.7 Å². The zero-order chi connectivity index (χ0) is 30.2. The molecule has 2 N–H and O–H groups in total. The maximum Gasteiger partial charge on any atom is 0.433 e. The van der Waals surface area contributed by atoms with Crippen molar-refractivity contribution in [3.05, 3.63) is 76.0 Å². The Hall–Kier alpha value is -4.70. The molecule has 0 bridgehead atoms. The standard InChI is InChI=1S/C28H24ClF3N8O2/c1-15-11-18(16(2)35-19-4-6-23(29)37-25(19)27(41)42)24-20(12-15)36-21(13-33)26(38-24)40-9-7-39(8-10-40)17-3-5-22(34-14-17)28(30,31)32/h3-6,11-12,14,16,35H,7-10H2,1-2H3,(H,41,42)/t16-/m1/s1. The minimum absolute atomic E-state index is 0.0563. The first-order valence-electron chi connectivity index (χ1n) is 12.9. The number of piperazine rings is 1. The summed E-state index contributed by atoms with van der Waals surface area (Å²) < 4.78 is 38.7. The molecule has 5 rings (SSSR count). The van der Waals surface area contributed by atoms with E-state index >= 15 is 0 Å². The number of aromatic nitrogens is 4. The topological polar surface area (TPSA) is 131 Å². The Kier molecular flexibility index (Phi) is 7.74. The second-order valence-corrected chi connectivity index (χ2v) is 10.2. The van der Waals surface area contributed by atoms with Gasteiger partial charge >= 0.3 is 12.1 Å². The number of anilines is 3. The van der Waals surface area contributed by atoms with Gasteiger partial charge in [0.1, 0.15) is 16.9 Å². The Labute approximate surface area is 243 Å². The molecule has 42 heavy (non-hydrogen) atoms. The lowest BCUT2D eigenvalue weighted by Gasteiger charge is -2.36. The van der Waals surface area contributed by atoms with E-state index in [9.17, 15) is 28.3 Å². The van der Waals surface area contributed by atoms with Gasteiger partial charge in [0.15, 0.2) is 17.2 Å². The number of aromatic carboxylic acids is 1. The van der Waals surface area contributed by atoms with Crippen molar-refractivity contribution in [3.8, 4) is 6.07 Å². The van der Waals surface area contributed by atoms with Crippen LogP contribution in [0.15, 0.2) is 42.6 Å². The van der Waals surface area contributed by atoms with Gasteiger partial charge in [-0.2, -0.15) is 18.4 Å². The number of fused-ring (bicyclic) bond motifs is 1. The molecule has 1 aliphatic rings. The third-order valence-corrected chi connectivity index (χ3v) is 7.13. The van der Waals surface area contributed by atoms with Crippen molar-refractivity contribution in [2.75, 3.05) is 41.3 Å². The van der Waals surface area contributed by atoms with Crippen LogP contribution in [-0.4, -0.2) is 57.2 Å². The highest BCUT2D eigenvalue weighted by atomic mass is 35.5. The number of hydrogen-bond acceptors (Lipinski definition) is 9. The van der Waals surface area contributed by atoms with Crippen molar-refractivity contribution in [1.82, 2.24) is 19.9 Å². The normalized spacial score (nSPS) is 14.5. The van der Waals surface area contributed by atoms with Gasteiger partial charge in [0.25, 0.3) is 0 Å². The number of benzene rings is 1. The first-order valence-corrected chi connectivity index (χ1v) is 13.2. The van der Waals surface area contributed by atoms with Gasteiger partial charge in [-0.15, -0.1) is 0 Å². The Morgan fingerprint density at radius 1 is 1.10 bits per heavy atom. The van der Waals surface area contributed by atoms with Crippen LogP contribution in [0.4, 0.5) is 30.4 Å². The number of aryl methyl sites for hydroxylation is 1. The molecule has 0 unspecified atom stereocenters. The molecular weight excluding hydrogens is 573 g/mol. The number of rotatable bonds is 6. The predicted octanol–water partition coefficient (Wildman–Crippen LogP) is 5.47. The molecule has 1 aromatic carbocycles. The van der Waals surface area contributed by atoms with Gasteiger partial charge < -0.3 is 20.2 Å². The van der Waals surface area contributed by atoms with Crippen molar-refractivity contribution in [1.29, 1.82) is 5.26 Å². The van der Waals surface area contributed by atoms with Crippen molar-refractivity contribution in [2.24, 2.45) is 0 Å².